The molecule has 0 bridgehead atoms. The number of hydrogen-bond donors (Lipinski definition) is 1. The lowest BCUT2D eigenvalue weighted by molar-refractivity contribution is -0.123. The topological polar surface area (TPSA) is 71.3 Å². The van der Waals surface area contributed by atoms with Crippen LogP contribution < -0.4 is 10.2 Å². The highest BCUT2D eigenvalue weighted by molar-refractivity contribution is 7.99. The standard InChI is InChI=1S/C22H30N4O2S/c27-20(16-18-9-5-2-6-10-18)23-19(15-17-7-3-1-4-8-17)21-24-25-22(28-21)26-11-13-29-14-12-26/h1,3-4,7-8,18-19H,2,5-6,9-16H2,(H,23,27). The van der Waals surface area contributed by atoms with Crippen LogP contribution in [0.1, 0.15) is 56.0 Å². The molecule has 2 aromatic rings. The normalized spacial score (nSPS) is 19.1. The van der Waals surface area contributed by atoms with Gasteiger partial charge in [0, 0.05) is 37.4 Å². The highest BCUT2D eigenvalue weighted by Gasteiger charge is 2.25. The van der Waals surface area contributed by atoms with E-state index in [0.717, 1.165) is 43.0 Å². The molecule has 2 heterocycles. The minimum Gasteiger partial charge on any atom is -0.406 e. The molecule has 1 aliphatic carbocycles. The van der Waals surface area contributed by atoms with Crippen LogP contribution in [0.2, 0.25) is 0 Å². The summed E-state index contributed by atoms with van der Waals surface area (Å²) in [4.78, 5) is 14.9. The van der Waals surface area contributed by atoms with Gasteiger partial charge in [-0.1, -0.05) is 54.7 Å². The van der Waals surface area contributed by atoms with Crippen LogP contribution >= 0.6 is 11.8 Å². The molecule has 156 valence electrons. The van der Waals surface area contributed by atoms with Gasteiger partial charge in [0.2, 0.25) is 11.8 Å². The average Bonchev–Trinajstić information content (AvgIpc) is 3.26. The van der Waals surface area contributed by atoms with E-state index in [1.165, 1.54) is 19.3 Å². The summed E-state index contributed by atoms with van der Waals surface area (Å²) in [6, 6.07) is 10.4. The van der Waals surface area contributed by atoms with E-state index in [1.54, 1.807) is 0 Å². The van der Waals surface area contributed by atoms with Crippen LogP contribution in [0.15, 0.2) is 34.7 Å². The van der Waals surface area contributed by atoms with Crippen molar-refractivity contribution in [2.75, 3.05) is 29.5 Å². The van der Waals surface area contributed by atoms with Crippen molar-refractivity contribution in [3.05, 3.63) is 41.8 Å². The number of anilines is 1. The van der Waals surface area contributed by atoms with Crippen LogP contribution in [0.5, 0.6) is 0 Å². The fourth-order valence-corrected chi connectivity index (χ4v) is 5.11. The Labute approximate surface area is 176 Å². The van der Waals surface area contributed by atoms with E-state index in [2.05, 4.69) is 32.5 Å². The summed E-state index contributed by atoms with van der Waals surface area (Å²) in [6.45, 7) is 1.84. The summed E-state index contributed by atoms with van der Waals surface area (Å²) in [5, 5.41) is 11.8. The van der Waals surface area contributed by atoms with Gasteiger partial charge >= 0.3 is 6.01 Å². The van der Waals surface area contributed by atoms with Gasteiger partial charge in [0.25, 0.3) is 0 Å². The van der Waals surface area contributed by atoms with Crippen LogP contribution in [0, 0.1) is 5.92 Å². The monoisotopic (exact) mass is 414 g/mol. The molecule has 2 fully saturated rings. The fraction of sp³-hybridized carbons (Fsp3) is 0.591. The summed E-state index contributed by atoms with van der Waals surface area (Å²) in [6.07, 6.45) is 7.35. The van der Waals surface area contributed by atoms with Crippen molar-refractivity contribution in [1.29, 1.82) is 0 Å². The molecule has 1 aromatic heterocycles. The number of rotatable bonds is 7. The Morgan fingerprint density at radius 1 is 1.14 bits per heavy atom. The second-order valence-corrected chi connectivity index (χ2v) is 9.27. The van der Waals surface area contributed by atoms with Gasteiger partial charge in [0.1, 0.15) is 6.04 Å². The van der Waals surface area contributed by atoms with E-state index in [1.807, 2.05) is 30.0 Å². The third kappa shape index (κ3) is 5.75. The largest absolute Gasteiger partial charge is 0.406 e. The molecule has 4 rings (SSSR count). The predicted molar refractivity (Wildman–Crippen MR) is 116 cm³/mol. The summed E-state index contributed by atoms with van der Waals surface area (Å²) < 4.78 is 6.03. The van der Waals surface area contributed by atoms with Crippen LogP contribution in [-0.2, 0) is 11.2 Å². The Balaban J connectivity index is 1.45. The summed E-state index contributed by atoms with van der Waals surface area (Å²) in [5.74, 6) is 3.24. The van der Waals surface area contributed by atoms with E-state index in [9.17, 15) is 4.79 Å². The number of nitrogens with zero attached hydrogens (tertiary/aromatic N) is 3. The minimum atomic E-state index is -0.297. The zero-order valence-corrected chi connectivity index (χ0v) is 17.7. The molecule has 1 atom stereocenters. The van der Waals surface area contributed by atoms with Gasteiger partial charge in [0.15, 0.2) is 0 Å². The summed E-state index contributed by atoms with van der Waals surface area (Å²) >= 11 is 1.94. The number of benzene rings is 1. The van der Waals surface area contributed by atoms with Gasteiger partial charge < -0.3 is 14.6 Å². The Bertz CT molecular complexity index is 770. The lowest BCUT2D eigenvalue weighted by Gasteiger charge is -2.24. The second-order valence-electron chi connectivity index (χ2n) is 8.04. The number of carbonyl (C=O) groups excluding carboxylic acids is 1. The van der Waals surface area contributed by atoms with Crippen molar-refractivity contribution in [1.82, 2.24) is 15.5 Å². The lowest BCUT2D eigenvalue weighted by atomic mass is 9.87. The molecule has 1 amide bonds. The first-order valence-electron chi connectivity index (χ1n) is 10.8. The first kappa shape index (κ1) is 20.3. The molecule has 1 unspecified atom stereocenters. The van der Waals surface area contributed by atoms with Crippen molar-refractivity contribution in [2.24, 2.45) is 5.92 Å². The minimum absolute atomic E-state index is 0.0898. The average molecular weight is 415 g/mol. The molecule has 1 saturated carbocycles. The number of thioether (sulfide) groups is 1. The van der Waals surface area contributed by atoms with Crippen molar-refractivity contribution in [2.45, 2.75) is 51.0 Å². The molecule has 29 heavy (non-hydrogen) atoms. The van der Waals surface area contributed by atoms with Crippen molar-refractivity contribution in [3.8, 4) is 0 Å². The molecular formula is C22H30N4O2S. The van der Waals surface area contributed by atoms with Crippen molar-refractivity contribution < 1.29 is 9.21 Å². The van der Waals surface area contributed by atoms with E-state index < -0.39 is 0 Å². The molecule has 0 radical (unpaired) electrons. The molecule has 1 saturated heterocycles. The van der Waals surface area contributed by atoms with Crippen LogP contribution in [0.4, 0.5) is 6.01 Å². The van der Waals surface area contributed by atoms with E-state index in [0.29, 0.717) is 30.7 Å². The molecule has 1 aromatic carbocycles. The van der Waals surface area contributed by atoms with E-state index in [4.69, 9.17) is 4.42 Å². The number of carbonyl (C=O) groups is 1. The molecule has 6 nitrogen and oxygen atoms in total. The summed E-state index contributed by atoms with van der Waals surface area (Å²) in [7, 11) is 0. The second kappa shape index (κ2) is 10.1. The maximum atomic E-state index is 12.8. The third-order valence-corrected chi connectivity index (χ3v) is 6.77. The lowest BCUT2D eigenvalue weighted by Crippen LogP contribution is -2.33. The molecule has 0 spiro atoms. The zero-order valence-electron chi connectivity index (χ0n) is 16.9. The van der Waals surface area contributed by atoms with Gasteiger partial charge in [-0.2, -0.15) is 11.8 Å². The van der Waals surface area contributed by atoms with Gasteiger partial charge in [0.05, 0.1) is 0 Å². The maximum Gasteiger partial charge on any atom is 0.318 e. The number of hydrogen-bond acceptors (Lipinski definition) is 6. The summed E-state index contributed by atoms with van der Waals surface area (Å²) in [5.41, 5.74) is 1.14. The van der Waals surface area contributed by atoms with Crippen molar-refractivity contribution >= 4 is 23.7 Å². The Hall–Kier alpha value is -2.02. The first-order valence-corrected chi connectivity index (χ1v) is 11.9. The number of nitrogens with one attached hydrogen (secondary N) is 1. The molecule has 7 heteroatoms. The Kier molecular flexibility index (Phi) is 7.09. The maximum absolute atomic E-state index is 12.8. The Morgan fingerprint density at radius 3 is 2.66 bits per heavy atom. The smallest absolute Gasteiger partial charge is 0.318 e. The van der Waals surface area contributed by atoms with Crippen molar-refractivity contribution in [3.63, 3.8) is 0 Å². The molecule has 1 N–H and O–H groups in total. The first-order chi connectivity index (χ1) is 14.3. The SMILES string of the molecule is O=C(CC1CCCCC1)NC(Cc1ccccc1)c1nnc(N2CCSCC2)o1. The van der Waals surface area contributed by atoms with E-state index in [-0.39, 0.29) is 11.9 Å². The third-order valence-electron chi connectivity index (χ3n) is 5.83. The Morgan fingerprint density at radius 2 is 1.90 bits per heavy atom. The van der Waals surface area contributed by atoms with Gasteiger partial charge in [-0.3, -0.25) is 4.79 Å². The quantitative estimate of drug-likeness (QED) is 0.739. The fourth-order valence-electron chi connectivity index (χ4n) is 4.21. The van der Waals surface area contributed by atoms with Crippen LogP contribution in [-0.4, -0.2) is 40.7 Å². The molecule has 2 aliphatic rings. The molecule has 1 aliphatic heterocycles. The number of amides is 1. The van der Waals surface area contributed by atoms with Gasteiger partial charge in [-0.25, -0.2) is 0 Å². The van der Waals surface area contributed by atoms with Crippen LogP contribution in [0.25, 0.3) is 0 Å². The highest BCUT2D eigenvalue weighted by Crippen LogP contribution is 2.27. The molecular weight excluding hydrogens is 384 g/mol. The highest BCUT2D eigenvalue weighted by atomic mass is 32.2. The van der Waals surface area contributed by atoms with E-state index >= 15 is 0 Å². The predicted octanol–water partition coefficient (Wildman–Crippen LogP) is 3.99. The van der Waals surface area contributed by atoms with Crippen LogP contribution in [0.3, 0.4) is 0 Å². The number of aromatic nitrogens is 2. The van der Waals surface area contributed by atoms with Gasteiger partial charge in [-0.15, -0.1) is 5.10 Å². The van der Waals surface area contributed by atoms with Gasteiger partial charge in [-0.05, 0) is 24.3 Å². The zero-order chi connectivity index (χ0) is 19.9.